The third-order valence-electron chi connectivity index (χ3n) is 8.21. The van der Waals surface area contributed by atoms with Crippen LogP contribution in [0, 0.1) is 0 Å². The number of hydrogen-bond donors (Lipinski definition) is 0. The number of aromatic nitrogens is 2. The van der Waals surface area contributed by atoms with Crippen LogP contribution in [0.1, 0.15) is 27.7 Å². The van der Waals surface area contributed by atoms with Crippen molar-refractivity contribution in [2.24, 2.45) is 0 Å². The van der Waals surface area contributed by atoms with Gasteiger partial charge in [0.15, 0.2) is 0 Å². The largest absolute Gasteiger partial charge is 0.494 e. The highest BCUT2D eigenvalue weighted by molar-refractivity contribution is 6.62. The van der Waals surface area contributed by atoms with Gasteiger partial charge in [0, 0.05) is 16.6 Å². The number of hydrogen-bond acceptors (Lipinski definition) is 3. The molecule has 2 heterocycles. The van der Waals surface area contributed by atoms with E-state index in [2.05, 4.69) is 129 Å². The fourth-order valence-corrected chi connectivity index (χ4v) is 5.45. The lowest BCUT2D eigenvalue weighted by Crippen LogP contribution is -2.41. The van der Waals surface area contributed by atoms with E-state index < -0.39 is 18.3 Å². The molecule has 5 aromatic carbocycles. The molecule has 1 aliphatic heterocycles. The van der Waals surface area contributed by atoms with Crippen molar-refractivity contribution >= 4 is 45.2 Å². The Morgan fingerprint density at radius 2 is 1.29 bits per heavy atom. The topological polar surface area (TPSA) is 36.3 Å². The van der Waals surface area contributed by atoms with Gasteiger partial charge in [0.25, 0.3) is 0 Å². The third-order valence-corrected chi connectivity index (χ3v) is 8.21. The average molecular weight is 496 g/mol. The molecule has 186 valence electrons. The standard InChI is InChI=1S/C33H29BN2O2/c1-32(2)33(3,4)38-34(37-32)25-19-17-22-15-16-23-18-20-28-30(29(23)27(22)21-25)36(26-13-9-6-10-14-26)31(35-28)24-11-7-5-8-12-24/h5-21H,1-4H3. The summed E-state index contributed by atoms with van der Waals surface area (Å²) in [7, 11) is -0.419. The van der Waals surface area contributed by atoms with Gasteiger partial charge in [-0.3, -0.25) is 4.57 Å². The molecule has 0 unspecified atom stereocenters. The zero-order valence-corrected chi connectivity index (χ0v) is 22.1. The van der Waals surface area contributed by atoms with E-state index in [9.17, 15) is 0 Å². The molecule has 6 aromatic rings. The molecular weight excluding hydrogens is 467 g/mol. The average Bonchev–Trinajstić information content (AvgIpc) is 3.42. The molecule has 0 N–H and O–H groups in total. The lowest BCUT2D eigenvalue weighted by atomic mass is 9.78. The molecule has 0 bridgehead atoms. The summed E-state index contributed by atoms with van der Waals surface area (Å²) in [5.74, 6) is 0.929. The number of imidazole rings is 1. The van der Waals surface area contributed by atoms with E-state index in [-0.39, 0.29) is 0 Å². The van der Waals surface area contributed by atoms with Crippen LogP contribution >= 0.6 is 0 Å². The Balaban J connectivity index is 1.55. The van der Waals surface area contributed by atoms with Gasteiger partial charge in [-0.1, -0.05) is 84.9 Å². The Morgan fingerprint density at radius 1 is 0.684 bits per heavy atom. The molecule has 0 saturated carbocycles. The van der Waals surface area contributed by atoms with E-state index in [1.165, 1.54) is 16.2 Å². The summed E-state index contributed by atoms with van der Waals surface area (Å²) in [6.07, 6.45) is 0. The predicted molar refractivity (Wildman–Crippen MR) is 157 cm³/mol. The Bertz CT molecular complexity index is 1810. The molecule has 4 nitrogen and oxygen atoms in total. The minimum Gasteiger partial charge on any atom is -0.399 e. The Kier molecular flexibility index (Phi) is 5.06. The summed E-state index contributed by atoms with van der Waals surface area (Å²) in [6, 6.07) is 36.2. The molecule has 0 radical (unpaired) electrons. The van der Waals surface area contributed by atoms with Gasteiger partial charge in [0.2, 0.25) is 0 Å². The van der Waals surface area contributed by atoms with Gasteiger partial charge in [0.05, 0.1) is 22.2 Å². The van der Waals surface area contributed by atoms with Crippen molar-refractivity contribution in [3.05, 3.63) is 103 Å². The Labute approximate surface area is 223 Å². The van der Waals surface area contributed by atoms with Crippen molar-refractivity contribution in [3.63, 3.8) is 0 Å². The number of nitrogens with zero attached hydrogens (tertiary/aromatic N) is 2. The van der Waals surface area contributed by atoms with Crippen LogP contribution < -0.4 is 5.46 Å². The molecule has 1 saturated heterocycles. The lowest BCUT2D eigenvalue weighted by molar-refractivity contribution is 0.00578. The van der Waals surface area contributed by atoms with Crippen LogP contribution in [-0.2, 0) is 9.31 Å². The zero-order chi connectivity index (χ0) is 26.1. The molecule has 0 aliphatic carbocycles. The second kappa shape index (κ2) is 8.29. The predicted octanol–water partition coefficient (Wildman–Crippen LogP) is 7.30. The monoisotopic (exact) mass is 496 g/mol. The molecule has 1 aromatic heterocycles. The van der Waals surface area contributed by atoms with Crippen LogP contribution in [0.3, 0.4) is 0 Å². The van der Waals surface area contributed by atoms with Gasteiger partial charge in [-0.2, -0.15) is 0 Å². The van der Waals surface area contributed by atoms with Crippen molar-refractivity contribution in [3.8, 4) is 17.1 Å². The third kappa shape index (κ3) is 3.50. The minimum atomic E-state index is -0.419. The van der Waals surface area contributed by atoms with Crippen molar-refractivity contribution < 1.29 is 9.31 Å². The second-order valence-corrected chi connectivity index (χ2v) is 11.1. The van der Waals surface area contributed by atoms with E-state index in [0.717, 1.165) is 39.0 Å². The van der Waals surface area contributed by atoms with Crippen LogP contribution in [-0.4, -0.2) is 27.9 Å². The van der Waals surface area contributed by atoms with Crippen molar-refractivity contribution in [1.29, 1.82) is 0 Å². The highest BCUT2D eigenvalue weighted by Gasteiger charge is 2.51. The van der Waals surface area contributed by atoms with E-state index >= 15 is 0 Å². The van der Waals surface area contributed by atoms with Gasteiger partial charge >= 0.3 is 7.12 Å². The van der Waals surface area contributed by atoms with E-state index in [1.54, 1.807) is 0 Å². The highest BCUT2D eigenvalue weighted by Crippen LogP contribution is 2.39. The molecular formula is C33H29BN2O2. The van der Waals surface area contributed by atoms with Crippen molar-refractivity contribution in [2.75, 3.05) is 0 Å². The first-order valence-electron chi connectivity index (χ1n) is 13.2. The first kappa shape index (κ1) is 23.2. The van der Waals surface area contributed by atoms with Crippen molar-refractivity contribution in [2.45, 2.75) is 38.9 Å². The molecule has 38 heavy (non-hydrogen) atoms. The number of fused-ring (bicyclic) bond motifs is 5. The Morgan fingerprint density at radius 3 is 2.00 bits per heavy atom. The van der Waals surface area contributed by atoms with Crippen molar-refractivity contribution in [1.82, 2.24) is 9.55 Å². The summed E-state index contributed by atoms with van der Waals surface area (Å²) >= 11 is 0. The normalized spacial score (nSPS) is 16.6. The molecule has 1 aliphatic rings. The maximum atomic E-state index is 6.41. The van der Waals surface area contributed by atoms with Gasteiger partial charge < -0.3 is 9.31 Å². The molecule has 5 heteroatoms. The Hall–Kier alpha value is -3.93. The quantitative estimate of drug-likeness (QED) is 0.191. The highest BCUT2D eigenvalue weighted by atomic mass is 16.7. The number of para-hydroxylation sites is 1. The second-order valence-electron chi connectivity index (χ2n) is 11.1. The van der Waals surface area contributed by atoms with E-state index in [4.69, 9.17) is 14.3 Å². The SMILES string of the molecule is CC1(C)OB(c2ccc3ccc4ccc5nc(-c6ccccc6)n(-c6ccccc6)c5c4c3c2)OC1(C)C. The maximum Gasteiger partial charge on any atom is 0.494 e. The summed E-state index contributed by atoms with van der Waals surface area (Å²) in [5, 5.41) is 4.69. The van der Waals surface area contributed by atoms with Gasteiger partial charge in [0.1, 0.15) is 5.82 Å². The zero-order valence-electron chi connectivity index (χ0n) is 22.1. The molecule has 0 atom stereocenters. The first-order chi connectivity index (χ1) is 18.3. The fraction of sp³-hybridized carbons (Fsp3) is 0.182. The van der Waals surface area contributed by atoms with E-state index in [0.29, 0.717) is 0 Å². The minimum absolute atomic E-state index is 0.394. The maximum absolute atomic E-state index is 6.41. The van der Waals surface area contributed by atoms with Gasteiger partial charge in [-0.05, 0) is 67.5 Å². The molecule has 1 fully saturated rings. The lowest BCUT2D eigenvalue weighted by Gasteiger charge is -2.32. The van der Waals surface area contributed by atoms with E-state index in [1.807, 2.05) is 6.07 Å². The van der Waals surface area contributed by atoms with Crippen LogP contribution in [0.5, 0.6) is 0 Å². The smallest absolute Gasteiger partial charge is 0.399 e. The summed E-state index contributed by atoms with van der Waals surface area (Å²) < 4.78 is 15.1. The van der Waals surface area contributed by atoms with Crippen LogP contribution in [0.2, 0.25) is 0 Å². The first-order valence-corrected chi connectivity index (χ1v) is 13.2. The van der Waals surface area contributed by atoms with Crippen LogP contribution in [0.15, 0.2) is 103 Å². The van der Waals surface area contributed by atoms with Crippen LogP contribution in [0.25, 0.3) is 49.7 Å². The van der Waals surface area contributed by atoms with Gasteiger partial charge in [-0.25, -0.2) is 4.98 Å². The number of benzene rings is 5. The fourth-order valence-electron chi connectivity index (χ4n) is 5.45. The number of rotatable bonds is 3. The summed E-state index contributed by atoms with van der Waals surface area (Å²) in [4.78, 5) is 5.17. The summed E-state index contributed by atoms with van der Waals surface area (Å²) in [6.45, 7) is 8.38. The molecule has 7 rings (SSSR count). The molecule has 0 amide bonds. The van der Waals surface area contributed by atoms with Crippen LogP contribution in [0.4, 0.5) is 0 Å². The molecule has 0 spiro atoms. The summed E-state index contributed by atoms with van der Waals surface area (Å²) in [5.41, 5.74) is 4.47. The van der Waals surface area contributed by atoms with Gasteiger partial charge in [-0.15, -0.1) is 0 Å².